The van der Waals surface area contributed by atoms with Gasteiger partial charge in [-0.1, -0.05) is 19.9 Å². The van der Waals surface area contributed by atoms with E-state index < -0.39 is 21.8 Å². The quantitative estimate of drug-likeness (QED) is 0.418. The average molecular weight is 489 g/mol. The number of hydrogen-bond acceptors (Lipinski definition) is 7. The van der Waals surface area contributed by atoms with E-state index in [1.165, 1.54) is 42.7 Å². The molecular formula is C22H24N4O5S2. The van der Waals surface area contributed by atoms with Crippen LogP contribution in [0.4, 0.5) is 5.69 Å². The summed E-state index contributed by atoms with van der Waals surface area (Å²) in [5.74, 6) is -0.218. The van der Waals surface area contributed by atoms with Gasteiger partial charge in [0.05, 0.1) is 17.0 Å². The van der Waals surface area contributed by atoms with E-state index in [1.54, 1.807) is 29.6 Å². The zero-order chi connectivity index (χ0) is 24.0. The number of rotatable bonds is 8. The van der Waals surface area contributed by atoms with Crippen molar-refractivity contribution in [1.29, 1.82) is 0 Å². The second kappa shape index (κ2) is 10.5. The van der Waals surface area contributed by atoms with E-state index in [0.717, 1.165) is 11.4 Å². The Kier molecular flexibility index (Phi) is 7.67. The SMILES string of the molecule is COc1ccc(NS(=O)(=O)c2cccc(C(=O)NNC(=O)c3csc(CC(C)C)n3)c2)cc1. The molecule has 0 aliphatic heterocycles. The number of nitrogens with one attached hydrogen (secondary N) is 3. The molecule has 1 heterocycles. The maximum Gasteiger partial charge on any atom is 0.289 e. The Balaban J connectivity index is 1.64. The van der Waals surface area contributed by atoms with Gasteiger partial charge in [-0.05, 0) is 48.4 Å². The highest BCUT2D eigenvalue weighted by atomic mass is 32.2. The summed E-state index contributed by atoms with van der Waals surface area (Å²) >= 11 is 1.38. The number of benzene rings is 2. The molecule has 0 unspecified atom stereocenters. The fourth-order valence-corrected chi connectivity index (χ4v) is 4.88. The third kappa shape index (κ3) is 6.53. The molecule has 3 aromatic rings. The highest BCUT2D eigenvalue weighted by molar-refractivity contribution is 7.92. The van der Waals surface area contributed by atoms with Crippen LogP contribution in [0.15, 0.2) is 58.8 Å². The monoisotopic (exact) mass is 488 g/mol. The molecule has 9 nitrogen and oxygen atoms in total. The number of carbonyl (C=O) groups excluding carboxylic acids is 2. The molecule has 0 aliphatic carbocycles. The summed E-state index contributed by atoms with van der Waals surface area (Å²) in [7, 11) is -2.42. The highest BCUT2D eigenvalue weighted by Crippen LogP contribution is 2.20. The van der Waals surface area contributed by atoms with Crippen molar-refractivity contribution in [2.24, 2.45) is 5.92 Å². The first-order valence-corrected chi connectivity index (χ1v) is 12.4. The number of sulfonamides is 1. The summed E-state index contributed by atoms with van der Waals surface area (Å²) in [5.41, 5.74) is 5.20. The van der Waals surface area contributed by atoms with Gasteiger partial charge in [-0.15, -0.1) is 11.3 Å². The van der Waals surface area contributed by atoms with Gasteiger partial charge in [0, 0.05) is 23.1 Å². The first-order chi connectivity index (χ1) is 15.7. The number of hydrazine groups is 1. The van der Waals surface area contributed by atoms with Gasteiger partial charge in [-0.25, -0.2) is 13.4 Å². The molecule has 3 N–H and O–H groups in total. The van der Waals surface area contributed by atoms with E-state index in [2.05, 4.69) is 34.4 Å². The molecule has 1 aromatic heterocycles. The van der Waals surface area contributed by atoms with Crippen molar-refractivity contribution in [3.8, 4) is 5.75 Å². The molecule has 0 atom stereocenters. The molecular weight excluding hydrogens is 464 g/mol. The van der Waals surface area contributed by atoms with Gasteiger partial charge in [0.1, 0.15) is 11.4 Å². The number of anilines is 1. The molecule has 33 heavy (non-hydrogen) atoms. The number of thiazole rings is 1. The molecule has 0 aliphatic rings. The predicted molar refractivity (Wildman–Crippen MR) is 126 cm³/mol. The van der Waals surface area contributed by atoms with Crippen LogP contribution in [0.3, 0.4) is 0 Å². The summed E-state index contributed by atoms with van der Waals surface area (Å²) in [5, 5.41) is 2.46. The topological polar surface area (TPSA) is 126 Å². The van der Waals surface area contributed by atoms with Crippen LogP contribution in [-0.2, 0) is 16.4 Å². The summed E-state index contributed by atoms with van der Waals surface area (Å²) in [4.78, 5) is 28.9. The van der Waals surface area contributed by atoms with E-state index in [-0.39, 0.29) is 16.2 Å². The molecule has 0 bridgehead atoms. The van der Waals surface area contributed by atoms with E-state index in [0.29, 0.717) is 17.4 Å². The third-order valence-electron chi connectivity index (χ3n) is 4.41. The smallest absolute Gasteiger partial charge is 0.289 e. The number of aromatic nitrogens is 1. The number of amides is 2. The lowest BCUT2D eigenvalue weighted by Crippen LogP contribution is -2.41. The zero-order valence-electron chi connectivity index (χ0n) is 18.3. The first-order valence-electron chi connectivity index (χ1n) is 10.00. The maximum absolute atomic E-state index is 12.7. The lowest BCUT2D eigenvalue weighted by atomic mass is 10.1. The van der Waals surface area contributed by atoms with Gasteiger partial charge in [-0.2, -0.15) is 0 Å². The van der Waals surface area contributed by atoms with E-state index in [9.17, 15) is 18.0 Å². The second-order valence-corrected chi connectivity index (χ2v) is 10.1. The van der Waals surface area contributed by atoms with Crippen molar-refractivity contribution in [3.05, 3.63) is 70.2 Å². The van der Waals surface area contributed by atoms with Gasteiger partial charge < -0.3 is 4.74 Å². The van der Waals surface area contributed by atoms with Gasteiger partial charge in [0.25, 0.3) is 21.8 Å². The number of hydrogen-bond donors (Lipinski definition) is 3. The molecule has 2 aromatic carbocycles. The van der Waals surface area contributed by atoms with Gasteiger partial charge in [0.2, 0.25) is 0 Å². The lowest BCUT2D eigenvalue weighted by molar-refractivity contribution is 0.0844. The molecule has 0 fully saturated rings. The Bertz CT molecular complexity index is 1240. The molecule has 0 spiro atoms. The molecule has 174 valence electrons. The number of carbonyl (C=O) groups is 2. The summed E-state index contributed by atoms with van der Waals surface area (Å²) in [6.45, 7) is 4.12. The van der Waals surface area contributed by atoms with Crippen molar-refractivity contribution < 1.29 is 22.7 Å². The van der Waals surface area contributed by atoms with Crippen LogP contribution in [0.2, 0.25) is 0 Å². The van der Waals surface area contributed by atoms with Crippen molar-refractivity contribution >= 4 is 38.9 Å². The molecule has 0 radical (unpaired) electrons. The number of nitrogens with zero attached hydrogens (tertiary/aromatic N) is 1. The Hall–Kier alpha value is -3.44. The van der Waals surface area contributed by atoms with Gasteiger partial charge >= 0.3 is 0 Å². The molecule has 2 amide bonds. The number of methoxy groups -OCH3 is 1. The standard InChI is InChI=1S/C22H24N4O5S2/c1-14(2)11-20-23-19(13-32-20)22(28)25-24-21(27)15-5-4-6-18(12-15)33(29,30)26-16-7-9-17(31-3)10-8-16/h4-10,12-14,26H,11H2,1-3H3,(H,24,27)(H,25,28). The highest BCUT2D eigenvalue weighted by Gasteiger charge is 2.18. The predicted octanol–water partition coefficient (Wildman–Crippen LogP) is 3.23. The zero-order valence-corrected chi connectivity index (χ0v) is 19.9. The van der Waals surface area contributed by atoms with Crippen LogP contribution < -0.4 is 20.3 Å². The van der Waals surface area contributed by atoms with Crippen LogP contribution in [0.5, 0.6) is 5.75 Å². The molecule has 0 saturated carbocycles. The largest absolute Gasteiger partial charge is 0.497 e. The molecule has 0 saturated heterocycles. The minimum Gasteiger partial charge on any atom is -0.497 e. The van der Waals surface area contributed by atoms with E-state index in [4.69, 9.17) is 4.74 Å². The maximum atomic E-state index is 12.7. The normalized spacial score (nSPS) is 11.2. The lowest BCUT2D eigenvalue weighted by Gasteiger charge is -2.10. The van der Waals surface area contributed by atoms with Crippen LogP contribution in [-0.4, -0.2) is 32.3 Å². The van der Waals surface area contributed by atoms with Crippen molar-refractivity contribution in [1.82, 2.24) is 15.8 Å². The summed E-state index contributed by atoms with van der Waals surface area (Å²) in [6.07, 6.45) is 0.760. The van der Waals surface area contributed by atoms with Gasteiger partial charge in [-0.3, -0.25) is 25.2 Å². The minimum absolute atomic E-state index is 0.0617. The van der Waals surface area contributed by atoms with Crippen LogP contribution >= 0.6 is 11.3 Å². The first kappa shape index (κ1) is 24.2. The Labute approximate surface area is 196 Å². The van der Waals surface area contributed by atoms with Crippen molar-refractivity contribution in [3.63, 3.8) is 0 Å². The molecule has 3 rings (SSSR count). The van der Waals surface area contributed by atoms with Gasteiger partial charge in [0.15, 0.2) is 0 Å². The van der Waals surface area contributed by atoms with Crippen molar-refractivity contribution in [2.45, 2.75) is 25.2 Å². The third-order valence-corrected chi connectivity index (χ3v) is 6.66. The summed E-state index contributed by atoms with van der Waals surface area (Å²) in [6, 6.07) is 11.8. The Morgan fingerprint density at radius 3 is 2.42 bits per heavy atom. The summed E-state index contributed by atoms with van der Waals surface area (Å²) < 4.78 is 32.9. The fourth-order valence-electron chi connectivity index (χ4n) is 2.79. The van der Waals surface area contributed by atoms with Crippen LogP contribution in [0.25, 0.3) is 0 Å². The van der Waals surface area contributed by atoms with E-state index in [1.807, 2.05) is 0 Å². The molecule has 11 heteroatoms. The van der Waals surface area contributed by atoms with Crippen molar-refractivity contribution in [2.75, 3.05) is 11.8 Å². The van der Waals surface area contributed by atoms with Crippen LogP contribution in [0, 0.1) is 5.92 Å². The van der Waals surface area contributed by atoms with Crippen LogP contribution in [0.1, 0.15) is 39.7 Å². The average Bonchev–Trinajstić information content (AvgIpc) is 3.25. The second-order valence-electron chi connectivity index (χ2n) is 7.49. The fraction of sp³-hybridized carbons (Fsp3) is 0.227. The minimum atomic E-state index is -3.94. The Morgan fingerprint density at radius 2 is 1.76 bits per heavy atom. The van der Waals surface area contributed by atoms with E-state index >= 15 is 0 Å². The number of ether oxygens (including phenoxy) is 1. The Morgan fingerprint density at radius 1 is 1.06 bits per heavy atom.